The predicted octanol–water partition coefficient (Wildman–Crippen LogP) is 1.14. The Hall–Kier alpha value is -1.31. The summed E-state index contributed by atoms with van der Waals surface area (Å²) < 4.78 is 10.7. The maximum absolute atomic E-state index is 6.24. The molecule has 0 atom stereocenters. The smallest absolute Gasteiger partial charge is 0.226 e. The average molecular weight is 314 g/mol. The zero-order valence-electron chi connectivity index (χ0n) is 11.8. The van der Waals surface area contributed by atoms with Crippen molar-refractivity contribution in [2.45, 2.75) is 18.9 Å². The molecule has 3 N–H and O–H groups in total. The molecule has 0 amide bonds. The highest BCUT2D eigenvalue weighted by Gasteiger charge is 2.21. The number of hydrogen-bond acceptors (Lipinski definition) is 7. The Morgan fingerprint density at radius 1 is 1.10 bits per heavy atom. The van der Waals surface area contributed by atoms with Crippen LogP contribution in [0.25, 0.3) is 0 Å². The first-order valence-electron chi connectivity index (χ1n) is 7.24. The minimum absolute atomic E-state index is 0.209. The fraction of sp³-hybridized carbons (Fsp3) is 0.692. The lowest BCUT2D eigenvalue weighted by molar-refractivity contribution is 0.0904. The Balaban J connectivity index is 1.80. The van der Waals surface area contributed by atoms with Gasteiger partial charge in [-0.3, -0.25) is 0 Å². The van der Waals surface area contributed by atoms with E-state index < -0.39 is 0 Å². The second kappa shape index (κ2) is 6.64. The molecule has 1 aromatic heterocycles. The molecule has 0 aliphatic carbocycles. The number of halogens is 1. The van der Waals surface area contributed by atoms with Crippen molar-refractivity contribution in [2.24, 2.45) is 0 Å². The van der Waals surface area contributed by atoms with Crippen molar-refractivity contribution in [3.63, 3.8) is 0 Å². The summed E-state index contributed by atoms with van der Waals surface area (Å²) in [5, 5.41) is 3.58. The maximum Gasteiger partial charge on any atom is 0.226 e. The second-order valence-electron chi connectivity index (χ2n) is 5.21. The lowest BCUT2D eigenvalue weighted by Gasteiger charge is -2.30. The van der Waals surface area contributed by atoms with Gasteiger partial charge in [-0.1, -0.05) is 0 Å². The molecule has 1 aromatic rings. The summed E-state index contributed by atoms with van der Waals surface area (Å²) in [6.07, 6.45) is 1.88. The molecular weight excluding hydrogens is 294 g/mol. The number of rotatable bonds is 3. The van der Waals surface area contributed by atoms with Crippen LogP contribution in [0.3, 0.4) is 0 Å². The number of nitrogens with two attached hydrogens (primary N) is 1. The molecule has 0 spiro atoms. The third-order valence-corrected chi connectivity index (χ3v) is 3.94. The maximum atomic E-state index is 6.24. The quantitative estimate of drug-likeness (QED) is 0.809. The Morgan fingerprint density at radius 3 is 2.48 bits per heavy atom. The van der Waals surface area contributed by atoms with Crippen molar-refractivity contribution in [3.8, 4) is 0 Å². The summed E-state index contributed by atoms with van der Waals surface area (Å²) in [7, 11) is 0. The van der Waals surface area contributed by atoms with Crippen molar-refractivity contribution in [1.29, 1.82) is 0 Å². The first-order chi connectivity index (χ1) is 10.2. The van der Waals surface area contributed by atoms with Crippen LogP contribution in [0.1, 0.15) is 12.8 Å². The molecule has 21 heavy (non-hydrogen) atoms. The van der Waals surface area contributed by atoms with Crippen molar-refractivity contribution in [2.75, 3.05) is 55.5 Å². The predicted molar refractivity (Wildman–Crippen MR) is 82.0 cm³/mol. The van der Waals surface area contributed by atoms with Crippen LogP contribution in [0.2, 0.25) is 5.28 Å². The van der Waals surface area contributed by atoms with Gasteiger partial charge < -0.3 is 25.4 Å². The highest BCUT2D eigenvalue weighted by atomic mass is 35.5. The topological polar surface area (TPSA) is 85.5 Å². The van der Waals surface area contributed by atoms with Gasteiger partial charge in [-0.15, -0.1) is 0 Å². The monoisotopic (exact) mass is 313 g/mol. The van der Waals surface area contributed by atoms with Crippen molar-refractivity contribution in [3.05, 3.63) is 5.28 Å². The van der Waals surface area contributed by atoms with Gasteiger partial charge in [0.1, 0.15) is 5.69 Å². The Kier molecular flexibility index (Phi) is 4.62. The van der Waals surface area contributed by atoms with E-state index in [1.54, 1.807) is 0 Å². The van der Waals surface area contributed by atoms with Gasteiger partial charge >= 0.3 is 0 Å². The number of nitrogens with one attached hydrogen (secondary N) is 1. The van der Waals surface area contributed by atoms with Crippen molar-refractivity contribution >= 4 is 28.9 Å². The fourth-order valence-electron chi connectivity index (χ4n) is 2.59. The van der Waals surface area contributed by atoms with Crippen LogP contribution in [0.5, 0.6) is 0 Å². The van der Waals surface area contributed by atoms with E-state index in [2.05, 4.69) is 20.2 Å². The zero-order valence-corrected chi connectivity index (χ0v) is 12.6. The Bertz CT molecular complexity index is 490. The number of anilines is 3. The van der Waals surface area contributed by atoms with Crippen molar-refractivity contribution in [1.82, 2.24) is 9.97 Å². The third-order valence-electron chi connectivity index (χ3n) is 3.77. The van der Waals surface area contributed by atoms with Crippen LogP contribution in [-0.4, -0.2) is 55.5 Å². The van der Waals surface area contributed by atoms with Gasteiger partial charge in [-0.25, -0.2) is 0 Å². The molecule has 8 heteroatoms. The molecule has 2 aliphatic rings. The molecule has 3 rings (SSSR count). The lowest BCUT2D eigenvalue weighted by Crippen LogP contribution is -2.37. The molecule has 3 heterocycles. The molecule has 2 saturated heterocycles. The number of ether oxygens (including phenoxy) is 2. The highest BCUT2D eigenvalue weighted by molar-refractivity contribution is 6.28. The van der Waals surface area contributed by atoms with E-state index in [0.717, 1.165) is 39.1 Å². The summed E-state index contributed by atoms with van der Waals surface area (Å²) in [5.41, 5.74) is 6.79. The molecule has 2 fully saturated rings. The van der Waals surface area contributed by atoms with Gasteiger partial charge in [0.2, 0.25) is 5.28 Å². The van der Waals surface area contributed by atoms with Gasteiger partial charge in [0.05, 0.1) is 13.2 Å². The number of aromatic nitrogens is 2. The SMILES string of the molecule is Nc1c(NC2CCOCC2)nc(Cl)nc1N1CCOCC1. The third kappa shape index (κ3) is 3.48. The molecule has 0 bridgehead atoms. The van der Waals surface area contributed by atoms with Gasteiger partial charge in [-0.05, 0) is 24.4 Å². The minimum Gasteiger partial charge on any atom is -0.393 e. The van der Waals surface area contributed by atoms with E-state index in [0.29, 0.717) is 36.6 Å². The van der Waals surface area contributed by atoms with Crippen LogP contribution >= 0.6 is 11.6 Å². The van der Waals surface area contributed by atoms with E-state index in [1.807, 2.05) is 0 Å². The minimum atomic E-state index is 0.209. The molecule has 0 saturated carbocycles. The number of nitrogen functional groups attached to an aromatic ring is 1. The highest BCUT2D eigenvalue weighted by Crippen LogP contribution is 2.30. The van der Waals surface area contributed by atoms with Crippen LogP contribution < -0.4 is 16.0 Å². The average Bonchev–Trinajstić information content (AvgIpc) is 2.52. The first kappa shape index (κ1) is 14.6. The van der Waals surface area contributed by atoms with Crippen LogP contribution in [0, 0.1) is 0 Å². The first-order valence-corrected chi connectivity index (χ1v) is 7.62. The van der Waals surface area contributed by atoms with E-state index in [4.69, 9.17) is 26.8 Å². The number of nitrogens with zero attached hydrogens (tertiary/aromatic N) is 3. The number of morpholine rings is 1. The normalized spacial score (nSPS) is 20.5. The summed E-state index contributed by atoms with van der Waals surface area (Å²) in [6.45, 7) is 4.37. The summed E-state index contributed by atoms with van der Waals surface area (Å²) >= 11 is 6.06. The fourth-order valence-corrected chi connectivity index (χ4v) is 2.76. The summed E-state index contributed by atoms with van der Waals surface area (Å²) in [4.78, 5) is 10.6. The lowest BCUT2D eigenvalue weighted by atomic mass is 10.1. The number of hydrogen-bond donors (Lipinski definition) is 2. The molecule has 0 unspecified atom stereocenters. The van der Waals surface area contributed by atoms with Gasteiger partial charge in [0, 0.05) is 32.3 Å². The van der Waals surface area contributed by atoms with Gasteiger partial charge in [-0.2, -0.15) is 9.97 Å². The second-order valence-corrected chi connectivity index (χ2v) is 5.55. The molecule has 0 radical (unpaired) electrons. The van der Waals surface area contributed by atoms with E-state index >= 15 is 0 Å². The molecular formula is C13H20ClN5O2. The zero-order chi connectivity index (χ0) is 14.7. The Labute approximate surface area is 128 Å². The van der Waals surface area contributed by atoms with Gasteiger partial charge in [0.25, 0.3) is 0 Å². The van der Waals surface area contributed by atoms with E-state index in [-0.39, 0.29) is 5.28 Å². The Morgan fingerprint density at radius 2 is 1.76 bits per heavy atom. The van der Waals surface area contributed by atoms with E-state index in [1.165, 1.54) is 0 Å². The molecule has 7 nitrogen and oxygen atoms in total. The summed E-state index contributed by atoms with van der Waals surface area (Å²) in [6, 6.07) is 0.310. The van der Waals surface area contributed by atoms with E-state index in [9.17, 15) is 0 Å². The standard InChI is InChI=1S/C13H20ClN5O2/c14-13-17-11(16-9-1-5-20-6-2-9)10(15)12(18-13)19-3-7-21-8-4-19/h9H,1-8,15H2,(H,16,17,18). The molecule has 116 valence electrons. The van der Waals surface area contributed by atoms with Crippen molar-refractivity contribution < 1.29 is 9.47 Å². The largest absolute Gasteiger partial charge is 0.393 e. The summed E-state index contributed by atoms with van der Waals surface area (Å²) in [5.74, 6) is 1.30. The van der Waals surface area contributed by atoms with Crippen LogP contribution in [-0.2, 0) is 9.47 Å². The van der Waals surface area contributed by atoms with Crippen LogP contribution in [0.4, 0.5) is 17.3 Å². The van der Waals surface area contributed by atoms with Crippen LogP contribution in [0.15, 0.2) is 0 Å². The molecule has 2 aliphatic heterocycles. The van der Waals surface area contributed by atoms with Gasteiger partial charge in [0.15, 0.2) is 11.6 Å². The molecule has 0 aromatic carbocycles.